The monoisotopic (exact) mass is 192 g/mol. The van der Waals surface area contributed by atoms with Gasteiger partial charge in [0.25, 0.3) is 0 Å². The first kappa shape index (κ1) is 9.34. The maximum Gasteiger partial charge on any atom is 0.138 e. The van der Waals surface area contributed by atoms with Crippen LogP contribution >= 0.6 is 0 Å². The zero-order valence-corrected chi connectivity index (χ0v) is 8.16. The maximum absolute atomic E-state index is 9.59. The number of para-hydroxylation sites is 2. The minimum Gasteiger partial charge on any atom is -0.506 e. The van der Waals surface area contributed by atoms with Crippen molar-refractivity contribution >= 4 is 5.69 Å². The van der Waals surface area contributed by atoms with Gasteiger partial charge < -0.3 is 16.2 Å². The van der Waals surface area contributed by atoms with Gasteiger partial charge in [0.1, 0.15) is 5.75 Å². The van der Waals surface area contributed by atoms with Crippen molar-refractivity contribution < 1.29 is 5.11 Å². The fourth-order valence-electron chi connectivity index (χ4n) is 1.85. The van der Waals surface area contributed by atoms with Crippen molar-refractivity contribution in [3.05, 3.63) is 24.3 Å². The highest BCUT2D eigenvalue weighted by molar-refractivity contribution is 5.57. The number of phenols is 1. The highest BCUT2D eigenvalue weighted by atomic mass is 16.3. The fraction of sp³-hybridized carbons (Fsp3) is 0.455. The zero-order chi connectivity index (χ0) is 10.0. The fourth-order valence-corrected chi connectivity index (χ4v) is 1.85. The predicted molar refractivity (Wildman–Crippen MR) is 57.4 cm³/mol. The van der Waals surface area contributed by atoms with Crippen molar-refractivity contribution in [2.24, 2.45) is 5.73 Å². The lowest BCUT2D eigenvalue weighted by Crippen LogP contribution is -2.51. The maximum atomic E-state index is 9.59. The second kappa shape index (κ2) is 3.50. The smallest absolute Gasteiger partial charge is 0.138 e. The largest absolute Gasteiger partial charge is 0.506 e. The molecule has 0 amide bonds. The second-order valence-electron chi connectivity index (χ2n) is 3.98. The third-order valence-electron chi connectivity index (χ3n) is 3.01. The average molecular weight is 192 g/mol. The van der Waals surface area contributed by atoms with E-state index < -0.39 is 0 Å². The lowest BCUT2D eigenvalue weighted by molar-refractivity contribution is 0.286. The predicted octanol–water partition coefficient (Wildman–Crippen LogP) is 1.69. The summed E-state index contributed by atoms with van der Waals surface area (Å²) in [5, 5.41) is 12.9. The third-order valence-corrected chi connectivity index (χ3v) is 3.01. The van der Waals surface area contributed by atoms with Crippen molar-refractivity contribution in [3.63, 3.8) is 0 Å². The molecule has 3 heteroatoms. The van der Waals surface area contributed by atoms with Crippen molar-refractivity contribution in [1.29, 1.82) is 0 Å². The van der Waals surface area contributed by atoms with Crippen LogP contribution in [0.25, 0.3) is 0 Å². The molecule has 0 saturated heterocycles. The molecule has 1 aliphatic carbocycles. The molecule has 1 saturated carbocycles. The second-order valence-corrected chi connectivity index (χ2v) is 3.98. The highest BCUT2D eigenvalue weighted by Gasteiger charge is 2.35. The first-order valence-corrected chi connectivity index (χ1v) is 5.02. The number of phenolic OH excluding ortho intramolecular Hbond substituents is 1. The van der Waals surface area contributed by atoms with Gasteiger partial charge in [-0.25, -0.2) is 0 Å². The standard InChI is InChI=1S/C11H16N2O/c12-8-11(6-3-7-11)13-9-4-1-2-5-10(9)14/h1-2,4-5,13-14H,3,6-8,12H2. The quantitative estimate of drug-likeness (QED) is 0.639. The topological polar surface area (TPSA) is 58.3 Å². The molecule has 4 N–H and O–H groups in total. The van der Waals surface area contributed by atoms with Crippen LogP contribution in [0.5, 0.6) is 5.75 Å². The molecule has 1 aromatic carbocycles. The Labute approximate surface area is 83.9 Å². The first-order valence-electron chi connectivity index (χ1n) is 5.02. The Morgan fingerprint density at radius 2 is 2.07 bits per heavy atom. The molecule has 0 aromatic heterocycles. The van der Waals surface area contributed by atoms with Gasteiger partial charge in [-0.3, -0.25) is 0 Å². The van der Waals surface area contributed by atoms with E-state index in [0.29, 0.717) is 12.3 Å². The molecule has 0 aliphatic heterocycles. The molecular formula is C11H16N2O. The van der Waals surface area contributed by atoms with Crippen molar-refractivity contribution in [2.75, 3.05) is 11.9 Å². The molecule has 1 aromatic rings. The molecule has 0 heterocycles. The number of nitrogens with two attached hydrogens (primary N) is 1. The number of hydrogen-bond acceptors (Lipinski definition) is 3. The van der Waals surface area contributed by atoms with Crippen molar-refractivity contribution in [3.8, 4) is 5.75 Å². The Kier molecular flexibility index (Phi) is 2.33. The SMILES string of the molecule is NCC1(Nc2ccccc2O)CCC1. The van der Waals surface area contributed by atoms with Gasteiger partial charge in [0.2, 0.25) is 0 Å². The van der Waals surface area contributed by atoms with Gasteiger partial charge >= 0.3 is 0 Å². The van der Waals surface area contributed by atoms with Gasteiger partial charge in [-0.1, -0.05) is 12.1 Å². The van der Waals surface area contributed by atoms with Crippen LogP contribution in [-0.2, 0) is 0 Å². The van der Waals surface area contributed by atoms with Gasteiger partial charge in [-0.05, 0) is 31.4 Å². The number of rotatable bonds is 3. The van der Waals surface area contributed by atoms with Crippen LogP contribution in [-0.4, -0.2) is 17.2 Å². The molecular weight excluding hydrogens is 176 g/mol. The van der Waals surface area contributed by atoms with Crippen LogP contribution in [0, 0.1) is 0 Å². The Hall–Kier alpha value is -1.22. The zero-order valence-electron chi connectivity index (χ0n) is 8.16. The number of benzene rings is 1. The van der Waals surface area contributed by atoms with E-state index >= 15 is 0 Å². The van der Waals surface area contributed by atoms with E-state index in [1.807, 2.05) is 18.2 Å². The Morgan fingerprint density at radius 3 is 2.57 bits per heavy atom. The van der Waals surface area contributed by atoms with Crippen LogP contribution in [0.2, 0.25) is 0 Å². The molecule has 0 bridgehead atoms. The van der Waals surface area contributed by atoms with E-state index in [9.17, 15) is 5.11 Å². The van der Waals surface area contributed by atoms with Crippen LogP contribution in [0.1, 0.15) is 19.3 Å². The van der Waals surface area contributed by atoms with Crippen molar-refractivity contribution in [1.82, 2.24) is 0 Å². The average Bonchev–Trinajstić information content (AvgIpc) is 2.14. The Morgan fingerprint density at radius 1 is 1.36 bits per heavy atom. The molecule has 76 valence electrons. The van der Waals surface area contributed by atoms with Gasteiger partial charge in [0.15, 0.2) is 0 Å². The van der Waals surface area contributed by atoms with Crippen LogP contribution in [0.3, 0.4) is 0 Å². The molecule has 1 fully saturated rings. The van der Waals surface area contributed by atoms with E-state index in [1.54, 1.807) is 6.07 Å². The summed E-state index contributed by atoms with van der Waals surface area (Å²) >= 11 is 0. The summed E-state index contributed by atoms with van der Waals surface area (Å²) in [5.74, 6) is 0.298. The van der Waals surface area contributed by atoms with Crippen LogP contribution in [0.15, 0.2) is 24.3 Å². The molecule has 14 heavy (non-hydrogen) atoms. The molecule has 0 spiro atoms. The van der Waals surface area contributed by atoms with E-state index in [0.717, 1.165) is 18.5 Å². The third kappa shape index (κ3) is 1.55. The lowest BCUT2D eigenvalue weighted by Gasteiger charge is -2.42. The highest BCUT2D eigenvalue weighted by Crippen LogP contribution is 2.36. The van der Waals surface area contributed by atoms with E-state index in [-0.39, 0.29) is 5.54 Å². The molecule has 0 radical (unpaired) electrons. The van der Waals surface area contributed by atoms with Gasteiger partial charge in [0, 0.05) is 12.1 Å². The molecule has 1 aliphatic rings. The van der Waals surface area contributed by atoms with Gasteiger partial charge in [0.05, 0.1) is 5.69 Å². The van der Waals surface area contributed by atoms with E-state index in [1.165, 1.54) is 6.42 Å². The first-order chi connectivity index (χ1) is 6.76. The minimum absolute atomic E-state index is 0.0266. The summed E-state index contributed by atoms with van der Waals surface area (Å²) in [7, 11) is 0. The van der Waals surface area contributed by atoms with Gasteiger partial charge in [-0.2, -0.15) is 0 Å². The van der Waals surface area contributed by atoms with E-state index in [2.05, 4.69) is 5.32 Å². The molecule has 0 atom stereocenters. The number of hydrogen-bond donors (Lipinski definition) is 3. The minimum atomic E-state index is 0.0266. The normalized spacial score (nSPS) is 18.6. The van der Waals surface area contributed by atoms with Crippen LogP contribution < -0.4 is 11.1 Å². The summed E-state index contributed by atoms with van der Waals surface area (Å²) in [4.78, 5) is 0. The summed E-state index contributed by atoms with van der Waals surface area (Å²) in [6.07, 6.45) is 3.41. The lowest BCUT2D eigenvalue weighted by atomic mass is 9.76. The summed E-state index contributed by atoms with van der Waals surface area (Å²) in [6.45, 7) is 0.626. The molecule has 0 unspecified atom stereocenters. The van der Waals surface area contributed by atoms with Crippen LogP contribution in [0.4, 0.5) is 5.69 Å². The van der Waals surface area contributed by atoms with Gasteiger partial charge in [-0.15, -0.1) is 0 Å². The van der Waals surface area contributed by atoms with Crippen molar-refractivity contribution in [2.45, 2.75) is 24.8 Å². The summed E-state index contributed by atoms with van der Waals surface area (Å²) in [5.41, 5.74) is 6.54. The molecule has 2 rings (SSSR count). The number of anilines is 1. The number of nitrogens with one attached hydrogen (secondary N) is 1. The molecule has 3 nitrogen and oxygen atoms in total. The Balaban J connectivity index is 2.13. The summed E-state index contributed by atoms with van der Waals surface area (Å²) < 4.78 is 0. The Bertz CT molecular complexity index is 315. The summed E-state index contributed by atoms with van der Waals surface area (Å²) in [6, 6.07) is 7.29. The number of aromatic hydroxyl groups is 1. The van der Waals surface area contributed by atoms with E-state index in [4.69, 9.17) is 5.73 Å².